The second kappa shape index (κ2) is 65.2. The van der Waals surface area contributed by atoms with Gasteiger partial charge in [0.05, 0.1) is 0 Å². The summed E-state index contributed by atoms with van der Waals surface area (Å²) in [5.74, 6) is 0. The van der Waals surface area contributed by atoms with E-state index in [-0.39, 0.29) is 0 Å². The predicted molar refractivity (Wildman–Crippen MR) is 341 cm³/mol. The normalized spacial score (nSPS) is 10.8. The molecule has 3 rings (SSSR count). The van der Waals surface area contributed by atoms with Crippen molar-refractivity contribution in [2.24, 2.45) is 0 Å². The Morgan fingerprint density at radius 2 is 0.297 bits per heavy atom. The number of unbranched alkanes of at least 4 members (excludes halogenated alkanes) is 45. The highest BCUT2D eigenvalue weighted by Crippen LogP contribution is 2.18. The van der Waals surface area contributed by atoms with Crippen molar-refractivity contribution < 1.29 is 0 Å². The van der Waals surface area contributed by atoms with Crippen LogP contribution in [0, 0.1) is 0 Å². The van der Waals surface area contributed by atoms with Crippen molar-refractivity contribution in [2.75, 3.05) is 6.38 Å². The SMILES string of the molecule is CCCCCCCCCCCCCCCCCCc1ccccc1.CCCCCCCCCCCCCCCCCCc1ccccc1.CCCCCCCCCCCCCCCCCCc1ccccc1.CCl. The molecule has 0 heterocycles. The molecule has 0 spiro atoms. The second-order valence-electron chi connectivity index (χ2n) is 22.6. The van der Waals surface area contributed by atoms with Crippen LogP contribution in [0.15, 0.2) is 91.0 Å². The molecule has 0 N–H and O–H groups in total. The minimum Gasteiger partial charge on any atom is -0.130 e. The number of hydrogen-bond acceptors (Lipinski definition) is 0. The Kier molecular flexibility index (Phi) is 63.4. The van der Waals surface area contributed by atoms with Gasteiger partial charge in [-0.1, -0.05) is 401 Å². The van der Waals surface area contributed by atoms with E-state index in [2.05, 4.69) is 123 Å². The molecule has 0 fully saturated rings. The van der Waals surface area contributed by atoms with Crippen LogP contribution in [-0.4, -0.2) is 6.38 Å². The van der Waals surface area contributed by atoms with E-state index >= 15 is 0 Å². The molecule has 0 unspecified atom stereocenters. The summed E-state index contributed by atoms with van der Waals surface area (Å²) in [7, 11) is 0. The molecule has 3 aromatic rings. The summed E-state index contributed by atoms with van der Waals surface area (Å²) < 4.78 is 0. The van der Waals surface area contributed by atoms with Gasteiger partial charge in [0.1, 0.15) is 0 Å². The highest BCUT2D eigenvalue weighted by atomic mass is 35.5. The fraction of sp³-hybridized carbons (Fsp3) is 0.753. The van der Waals surface area contributed by atoms with Gasteiger partial charge in [0.15, 0.2) is 0 Å². The summed E-state index contributed by atoms with van der Waals surface area (Å²) in [6.07, 6.45) is 74.8. The third kappa shape index (κ3) is 57.7. The van der Waals surface area contributed by atoms with Crippen molar-refractivity contribution in [3.8, 4) is 0 Å². The van der Waals surface area contributed by atoms with E-state index in [1.807, 2.05) is 0 Å². The number of alkyl halides is 1. The molecular formula is C73H129Cl. The van der Waals surface area contributed by atoms with Crippen LogP contribution in [0.5, 0.6) is 0 Å². The highest BCUT2D eigenvalue weighted by Gasteiger charge is 1.99. The summed E-state index contributed by atoms with van der Waals surface area (Å²) in [6, 6.07) is 32.8. The third-order valence-corrected chi connectivity index (χ3v) is 15.5. The van der Waals surface area contributed by atoms with Crippen LogP contribution in [-0.2, 0) is 19.3 Å². The van der Waals surface area contributed by atoms with E-state index in [0.717, 1.165) is 0 Å². The van der Waals surface area contributed by atoms with Gasteiger partial charge in [-0.25, -0.2) is 0 Å². The van der Waals surface area contributed by atoms with Crippen molar-refractivity contribution in [1.29, 1.82) is 0 Å². The predicted octanol–water partition coefficient (Wildman–Crippen LogP) is 26.3. The van der Waals surface area contributed by atoms with E-state index in [9.17, 15) is 0 Å². The number of hydrogen-bond donors (Lipinski definition) is 0. The molecule has 0 aromatic heterocycles. The average Bonchev–Trinajstić information content (AvgIpc) is 3.44. The van der Waals surface area contributed by atoms with Gasteiger partial charge >= 0.3 is 0 Å². The fourth-order valence-corrected chi connectivity index (χ4v) is 10.6. The number of aryl methyl sites for hydroxylation is 3. The largest absolute Gasteiger partial charge is 0.130 e. The lowest BCUT2D eigenvalue weighted by atomic mass is 10.0. The molecule has 0 radical (unpaired) electrons. The molecule has 1 heteroatoms. The lowest BCUT2D eigenvalue weighted by Gasteiger charge is -2.04. The molecule has 0 saturated carbocycles. The summed E-state index contributed by atoms with van der Waals surface area (Å²) in [4.78, 5) is 0. The first kappa shape index (κ1) is 72.0. The van der Waals surface area contributed by atoms with Crippen LogP contribution < -0.4 is 0 Å². The first-order valence-electron chi connectivity index (χ1n) is 33.3. The van der Waals surface area contributed by atoms with Gasteiger partial charge in [-0.15, -0.1) is 11.6 Å². The molecule has 0 aliphatic carbocycles. The third-order valence-electron chi connectivity index (χ3n) is 15.5. The van der Waals surface area contributed by atoms with Gasteiger partial charge in [0, 0.05) is 6.38 Å². The van der Waals surface area contributed by atoms with Gasteiger partial charge in [0.25, 0.3) is 0 Å². The molecule has 0 nitrogen and oxygen atoms in total. The molecule has 0 aliphatic rings. The van der Waals surface area contributed by atoms with Gasteiger partial charge in [-0.05, 0) is 55.2 Å². The van der Waals surface area contributed by atoms with Crippen LogP contribution in [0.1, 0.15) is 346 Å². The monoisotopic (exact) mass is 1040 g/mol. The Labute approximate surface area is 471 Å². The van der Waals surface area contributed by atoms with Crippen molar-refractivity contribution in [1.82, 2.24) is 0 Å². The molecule has 0 amide bonds. The zero-order valence-electron chi connectivity index (χ0n) is 50.6. The Morgan fingerprint density at radius 1 is 0.176 bits per heavy atom. The Morgan fingerprint density at radius 3 is 0.432 bits per heavy atom. The van der Waals surface area contributed by atoms with Crippen LogP contribution in [0.25, 0.3) is 0 Å². The van der Waals surface area contributed by atoms with E-state index in [4.69, 9.17) is 0 Å². The van der Waals surface area contributed by atoms with Crippen molar-refractivity contribution in [2.45, 2.75) is 348 Å². The molecule has 428 valence electrons. The number of halogens is 1. The molecular weight excluding hydrogens is 912 g/mol. The van der Waals surface area contributed by atoms with E-state index in [1.54, 1.807) is 0 Å². The van der Waals surface area contributed by atoms with Gasteiger partial charge in [0.2, 0.25) is 0 Å². The molecule has 0 bridgehead atoms. The second-order valence-corrected chi connectivity index (χ2v) is 22.6. The lowest BCUT2D eigenvalue weighted by Crippen LogP contribution is -1.86. The Bertz CT molecular complexity index is 1200. The zero-order chi connectivity index (χ0) is 53.4. The van der Waals surface area contributed by atoms with Crippen molar-refractivity contribution in [3.63, 3.8) is 0 Å². The minimum atomic E-state index is 1.26. The van der Waals surface area contributed by atoms with Crippen molar-refractivity contribution in [3.05, 3.63) is 108 Å². The smallest absolute Gasteiger partial charge is 0.0108 e. The quantitative estimate of drug-likeness (QED) is 0.0390. The topological polar surface area (TPSA) is 0 Å². The van der Waals surface area contributed by atoms with E-state index in [0.29, 0.717) is 0 Å². The number of rotatable bonds is 51. The van der Waals surface area contributed by atoms with Gasteiger partial charge in [-0.2, -0.15) is 0 Å². The van der Waals surface area contributed by atoms with E-state index < -0.39 is 0 Å². The molecule has 3 aromatic carbocycles. The standard InChI is InChI=1S/3C24H42.CH3Cl/c3*1-2-3-4-5-6-7-8-9-10-11-12-13-14-15-16-18-21-24-22-19-17-20-23-24;1-2/h3*17,19-20,22-23H,2-16,18,21H2,1H3;1H3. The Hall–Kier alpha value is -2.05. The summed E-state index contributed by atoms with van der Waals surface area (Å²) >= 11 is 4.64. The maximum atomic E-state index is 4.64. The molecule has 74 heavy (non-hydrogen) atoms. The molecule has 0 aliphatic heterocycles. The summed E-state index contributed by atoms with van der Waals surface area (Å²) in [5.41, 5.74) is 4.51. The first-order valence-corrected chi connectivity index (χ1v) is 34.0. The zero-order valence-corrected chi connectivity index (χ0v) is 51.4. The van der Waals surface area contributed by atoms with Gasteiger partial charge in [-0.3, -0.25) is 0 Å². The fourth-order valence-electron chi connectivity index (χ4n) is 10.6. The maximum absolute atomic E-state index is 4.64. The minimum absolute atomic E-state index is 1.26. The maximum Gasteiger partial charge on any atom is 0.0108 e. The van der Waals surface area contributed by atoms with Crippen LogP contribution >= 0.6 is 11.6 Å². The van der Waals surface area contributed by atoms with Gasteiger partial charge < -0.3 is 0 Å². The molecule has 0 atom stereocenters. The van der Waals surface area contributed by atoms with Crippen LogP contribution in [0.4, 0.5) is 0 Å². The molecule has 0 saturated heterocycles. The summed E-state index contributed by atoms with van der Waals surface area (Å²) in [6.45, 7) is 6.89. The van der Waals surface area contributed by atoms with Crippen LogP contribution in [0.2, 0.25) is 0 Å². The Balaban J connectivity index is 0.00000106. The lowest BCUT2D eigenvalue weighted by molar-refractivity contribution is 0.529. The van der Waals surface area contributed by atoms with E-state index in [1.165, 1.54) is 351 Å². The number of benzene rings is 3. The highest BCUT2D eigenvalue weighted by molar-refractivity contribution is 6.15. The average molecular weight is 1040 g/mol. The first-order chi connectivity index (χ1) is 36.8. The van der Waals surface area contributed by atoms with Crippen LogP contribution in [0.3, 0.4) is 0 Å². The summed E-state index contributed by atoms with van der Waals surface area (Å²) in [5, 5.41) is 0. The van der Waals surface area contributed by atoms with Crippen molar-refractivity contribution >= 4 is 11.6 Å².